The van der Waals surface area contributed by atoms with E-state index in [0.29, 0.717) is 0 Å². The van der Waals surface area contributed by atoms with E-state index in [4.69, 9.17) is 0 Å². The molecule has 0 aromatic heterocycles. The molecule has 0 aromatic carbocycles. The molecule has 3 amide bonds. The zero-order chi connectivity index (χ0) is 11.1. The van der Waals surface area contributed by atoms with Crippen molar-refractivity contribution >= 4 is 11.9 Å². The van der Waals surface area contributed by atoms with E-state index < -0.39 is 5.54 Å². The lowest BCUT2D eigenvalue weighted by Gasteiger charge is -2.23. The quantitative estimate of drug-likeness (QED) is 0.704. The molecule has 0 bridgehead atoms. The van der Waals surface area contributed by atoms with E-state index in [2.05, 4.69) is 5.32 Å². The number of hydrogen-bond acceptors (Lipinski definition) is 2. The smallest absolute Gasteiger partial charge is 0.323 e. The van der Waals surface area contributed by atoms with Gasteiger partial charge >= 0.3 is 6.03 Å². The number of hydrogen-bond donors (Lipinski definition) is 1. The monoisotopic (exact) mass is 210 g/mol. The summed E-state index contributed by atoms with van der Waals surface area (Å²) in [7, 11) is 0. The van der Waals surface area contributed by atoms with Gasteiger partial charge in [0.2, 0.25) is 0 Å². The van der Waals surface area contributed by atoms with Gasteiger partial charge in [0.25, 0.3) is 5.91 Å². The van der Waals surface area contributed by atoms with Gasteiger partial charge < -0.3 is 5.32 Å². The van der Waals surface area contributed by atoms with Crippen molar-refractivity contribution in [3.63, 3.8) is 0 Å². The lowest BCUT2D eigenvalue weighted by Crippen LogP contribution is -2.45. The first kappa shape index (κ1) is 10.5. The van der Waals surface area contributed by atoms with Crippen LogP contribution in [0.5, 0.6) is 0 Å². The van der Waals surface area contributed by atoms with Gasteiger partial charge in [-0.3, -0.25) is 9.69 Å². The zero-order valence-corrected chi connectivity index (χ0v) is 9.38. The molecule has 2 aliphatic rings. The first-order chi connectivity index (χ1) is 7.10. The van der Waals surface area contributed by atoms with Gasteiger partial charge in [-0.15, -0.1) is 0 Å². The van der Waals surface area contributed by atoms with Crippen molar-refractivity contribution in [3.8, 4) is 0 Å². The van der Waals surface area contributed by atoms with Crippen LogP contribution in [0.1, 0.15) is 46.0 Å². The van der Waals surface area contributed by atoms with Gasteiger partial charge in [-0.05, 0) is 26.2 Å². The maximum absolute atomic E-state index is 12.2. The molecule has 1 N–H and O–H groups in total. The van der Waals surface area contributed by atoms with Crippen LogP contribution in [0.3, 0.4) is 0 Å². The van der Waals surface area contributed by atoms with Gasteiger partial charge in [0, 0.05) is 6.04 Å². The summed E-state index contributed by atoms with van der Waals surface area (Å²) in [5, 5.41) is 2.88. The van der Waals surface area contributed by atoms with E-state index in [-0.39, 0.29) is 18.0 Å². The Morgan fingerprint density at radius 3 is 2.53 bits per heavy atom. The third-order valence-electron chi connectivity index (χ3n) is 3.68. The van der Waals surface area contributed by atoms with Crippen LogP contribution in [-0.2, 0) is 4.79 Å². The summed E-state index contributed by atoms with van der Waals surface area (Å²) in [6.07, 6.45) is 4.52. The summed E-state index contributed by atoms with van der Waals surface area (Å²) in [5.74, 6) is -0.000602. The highest BCUT2D eigenvalue weighted by Crippen LogP contribution is 2.35. The Bertz CT molecular complexity index is 295. The molecule has 2 fully saturated rings. The summed E-state index contributed by atoms with van der Waals surface area (Å²) in [5.41, 5.74) is -0.541. The molecule has 4 heteroatoms. The highest BCUT2D eigenvalue weighted by atomic mass is 16.2. The molecule has 1 aliphatic carbocycles. The second-order valence-corrected chi connectivity index (χ2v) is 4.65. The topological polar surface area (TPSA) is 49.4 Å². The fourth-order valence-electron chi connectivity index (χ4n) is 2.54. The molecule has 0 radical (unpaired) electrons. The van der Waals surface area contributed by atoms with Crippen molar-refractivity contribution < 1.29 is 9.59 Å². The summed E-state index contributed by atoms with van der Waals surface area (Å²) >= 11 is 0. The lowest BCUT2D eigenvalue weighted by atomic mass is 9.97. The zero-order valence-electron chi connectivity index (χ0n) is 9.38. The average molecular weight is 210 g/mol. The SMILES string of the molecule is CCC(C)N1C(=O)NC2(CCCC2)C1=O. The number of carbonyl (C=O) groups is 2. The van der Waals surface area contributed by atoms with E-state index in [0.717, 1.165) is 32.1 Å². The molecule has 15 heavy (non-hydrogen) atoms. The van der Waals surface area contributed by atoms with E-state index in [1.807, 2.05) is 13.8 Å². The fraction of sp³-hybridized carbons (Fsp3) is 0.818. The Balaban J connectivity index is 2.23. The van der Waals surface area contributed by atoms with Gasteiger partial charge in [-0.1, -0.05) is 19.8 Å². The molecule has 1 atom stereocenters. The van der Waals surface area contributed by atoms with Crippen molar-refractivity contribution in [2.45, 2.75) is 57.5 Å². The van der Waals surface area contributed by atoms with Gasteiger partial charge in [-0.2, -0.15) is 0 Å². The number of nitrogens with one attached hydrogen (secondary N) is 1. The highest BCUT2D eigenvalue weighted by molar-refractivity contribution is 6.07. The van der Waals surface area contributed by atoms with Gasteiger partial charge in [0.05, 0.1) is 0 Å². The Hall–Kier alpha value is -1.06. The van der Waals surface area contributed by atoms with Crippen molar-refractivity contribution in [1.29, 1.82) is 0 Å². The molecular weight excluding hydrogens is 192 g/mol. The Morgan fingerprint density at radius 2 is 2.00 bits per heavy atom. The number of carbonyl (C=O) groups excluding carboxylic acids is 2. The Labute approximate surface area is 90.0 Å². The van der Waals surface area contributed by atoms with Crippen molar-refractivity contribution in [1.82, 2.24) is 10.2 Å². The van der Waals surface area contributed by atoms with E-state index in [1.54, 1.807) is 0 Å². The second kappa shape index (κ2) is 3.51. The third kappa shape index (κ3) is 1.43. The van der Waals surface area contributed by atoms with Gasteiger partial charge in [-0.25, -0.2) is 4.79 Å². The van der Waals surface area contributed by atoms with E-state index in [1.165, 1.54) is 4.90 Å². The summed E-state index contributed by atoms with van der Waals surface area (Å²) in [6.45, 7) is 3.91. The minimum Gasteiger partial charge on any atom is -0.323 e. The molecule has 2 rings (SSSR count). The Morgan fingerprint density at radius 1 is 1.40 bits per heavy atom. The predicted molar refractivity (Wildman–Crippen MR) is 56.3 cm³/mol. The normalized spacial score (nSPS) is 26.1. The summed E-state index contributed by atoms with van der Waals surface area (Å²) < 4.78 is 0. The fourth-order valence-corrected chi connectivity index (χ4v) is 2.54. The highest BCUT2D eigenvalue weighted by Gasteiger charge is 2.53. The molecule has 1 saturated heterocycles. The number of amides is 3. The van der Waals surface area contributed by atoms with Crippen LogP contribution in [0.25, 0.3) is 0 Å². The van der Waals surface area contributed by atoms with E-state index in [9.17, 15) is 9.59 Å². The minimum absolute atomic E-state index is 0.000602. The number of nitrogens with zero attached hydrogens (tertiary/aromatic N) is 1. The first-order valence-electron chi connectivity index (χ1n) is 5.76. The molecule has 1 spiro atoms. The molecule has 0 aromatic rings. The minimum atomic E-state index is -0.541. The van der Waals surface area contributed by atoms with Gasteiger partial charge in [0.1, 0.15) is 5.54 Å². The van der Waals surface area contributed by atoms with Crippen LogP contribution >= 0.6 is 0 Å². The molecule has 1 saturated carbocycles. The van der Waals surface area contributed by atoms with Crippen molar-refractivity contribution in [2.24, 2.45) is 0 Å². The predicted octanol–water partition coefficient (Wildman–Crippen LogP) is 1.65. The standard InChI is InChI=1S/C11H18N2O2/c1-3-8(2)13-9(14)11(12-10(13)15)6-4-5-7-11/h8H,3-7H2,1-2H3,(H,12,15). The molecule has 4 nitrogen and oxygen atoms in total. The Kier molecular flexibility index (Phi) is 2.44. The van der Waals surface area contributed by atoms with Crippen molar-refractivity contribution in [2.75, 3.05) is 0 Å². The maximum Gasteiger partial charge on any atom is 0.325 e. The third-order valence-corrected chi connectivity index (χ3v) is 3.68. The second-order valence-electron chi connectivity index (χ2n) is 4.65. The lowest BCUT2D eigenvalue weighted by molar-refractivity contribution is -0.132. The van der Waals surface area contributed by atoms with E-state index >= 15 is 0 Å². The average Bonchev–Trinajstić information content (AvgIpc) is 2.75. The van der Waals surface area contributed by atoms with Crippen LogP contribution in [0.4, 0.5) is 4.79 Å². The molecule has 1 aliphatic heterocycles. The van der Waals surface area contributed by atoms with Gasteiger partial charge in [0.15, 0.2) is 0 Å². The number of imide groups is 1. The maximum atomic E-state index is 12.2. The first-order valence-corrected chi connectivity index (χ1v) is 5.76. The number of urea groups is 1. The molecular formula is C11H18N2O2. The van der Waals surface area contributed by atoms with Crippen LogP contribution in [0.2, 0.25) is 0 Å². The molecule has 84 valence electrons. The van der Waals surface area contributed by atoms with Crippen LogP contribution in [0.15, 0.2) is 0 Å². The molecule has 1 unspecified atom stereocenters. The summed E-state index contributed by atoms with van der Waals surface area (Å²) in [4.78, 5) is 25.3. The van der Waals surface area contributed by atoms with Crippen LogP contribution < -0.4 is 5.32 Å². The van der Waals surface area contributed by atoms with Crippen LogP contribution in [-0.4, -0.2) is 28.4 Å². The largest absolute Gasteiger partial charge is 0.325 e. The number of rotatable bonds is 2. The molecule has 1 heterocycles. The van der Waals surface area contributed by atoms with Crippen molar-refractivity contribution in [3.05, 3.63) is 0 Å². The van der Waals surface area contributed by atoms with Crippen LogP contribution in [0, 0.1) is 0 Å². The summed E-state index contributed by atoms with van der Waals surface area (Å²) in [6, 6.07) is -0.186.